The first kappa shape index (κ1) is 13.5. The summed E-state index contributed by atoms with van der Waals surface area (Å²) < 4.78 is 5.30. The van der Waals surface area contributed by atoms with Gasteiger partial charge in [-0.05, 0) is 5.56 Å². The molecule has 1 atom stereocenters. The lowest BCUT2D eigenvalue weighted by Crippen LogP contribution is -2.40. The summed E-state index contributed by atoms with van der Waals surface area (Å²) >= 11 is 0. The zero-order valence-electron chi connectivity index (χ0n) is 10.7. The second-order valence-electron chi connectivity index (χ2n) is 4.58. The summed E-state index contributed by atoms with van der Waals surface area (Å²) in [6.07, 6.45) is -0.420. The minimum Gasteiger partial charge on any atom is -0.387 e. The van der Waals surface area contributed by atoms with Gasteiger partial charge in [0.1, 0.15) is 0 Å². The third kappa shape index (κ3) is 4.38. The van der Waals surface area contributed by atoms with Crippen LogP contribution in [0.15, 0.2) is 30.3 Å². The number of ether oxygens (including phenoxy) is 1. The fraction of sp³-hybridized carbons (Fsp3) is 0.571. The number of nitrogens with zero attached hydrogens (tertiary/aromatic N) is 1. The van der Waals surface area contributed by atoms with E-state index in [2.05, 4.69) is 10.2 Å². The number of hydrogen-bond donors (Lipinski definition) is 2. The molecule has 0 spiro atoms. The quantitative estimate of drug-likeness (QED) is 0.727. The summed E-state index contributed by atoms with van der Waals surface area (Å²) in [4.78, 5) is 2.38. The van der Waals surface area contributed by atoms with Crippen LogP contribution in [0.4, 0.5) is 0 Å². The molecule has 0 amide bonds. The number of benzene rings is 1. The average Bonchev–Trinajstić information content (AvgIpc) is 2.45. The van der Waals surface area contributed by atoms with Gasteiger partial charge in [-0.1, -0.05) is 30.3 Å². The summed E-state index contributed by atoms with van der Waals surface area (Å²) in [5.74, 6) is 0. The first-order chi connectivity index (χ1) is 8.86. The molecule has 0 bridgehead atoms. The molecule has 0 aliphatic carbocycles. The third-order valence-electron chi connectivity index (χ3n) is 3.23. The van der Waals surface area contributed by atoms with Gasteiger partial charge in [0, 0.05) is 32.7 Å². The highest BCUT2D eigenvalue weighted by molar-refractivity contribution is 5.17. The van der Waals surface area contributed by atoms with Crippen molar-refractivity contribution in [2.24, 2.45) is 0 Å². The van der Waals surface area contributed by atoms with Crippen LogP contribution in [0.2, 0.25) is 0 Å². The van der Waals surface area contributed by atoms with Crippen LogP contribution in [0, 0.1) is 0 Å². The van der Waals surface area contributed by atoms with E-state index in [0.29, 0.717) is 6.54 Å². The molecule has 1 fully saturated rings. The number of aliphatic hydroxyl groups is 1. The van der Waals surface area contributed by atoms with Gasteiger partial charge in [0.25, 0.3) is 0 Å². The highest BCUT2D eigenvalue weighted by Crippen LogP contribution is 2.10. The largest absolute Gasteiger partial charge is 0.387 e. The van der Waals surface area contributed by atoms with Crippen LogP contribution < -0.4 is 5.32 Å². The molecule has 0 aromatic heterocycles. The molecule has 1 aromatic carbocycles. The van der Waals surface area contributed by atoms with Gasteiger partial charge in [0.2, 0.25) is 0 Å². The maximum absolute atomic E-state index is 9.96. The molecular weight excluding hydrogens is 228 g/mol. The SMILES string of the molecule is O[C@H](CNCCN1CCOCC1)c1ccccc1. The standard InChI is InChI=1S/C14H22N2O2/c17-14(13-4-2-1-3-5-13)12-15-6-7-16-8-10-18-11-9-16/h1-5,14-15,17H,6-12H2/t14-/m1/s1. The molecule has 18 heavy (non-hydrogen) atoms. The molecule has 1 saturated heterocycles. The Balaban J connectivity index is 1.60. The Morgan fingerprint density at radius 1 is 1.22 bits per heavy atom. The molecule has 1 aliphatic rings. The highest BCUT2D eigenvalue weighted by Gasteiger charge is 2.10. The first-order valence-corrected chi connectivity index (χ1v) is 6.60. The van der Waals surface area contributed by atoms with Crippen molar-refractivity contribution in [3.05, 3.63) is 35.9 Å². The first-order valence-electron chi connectivity index (χ1n) is 6.60. The Hall–Kier alpha value is -0.940. The molecule has 4 nitrogen and oxygen atoms in total. The fourth-order valence-electron chi connectivity index (χ4n) is 2.09. The summed E-state index contributed by atoms with van der Waals surface area (Å²) in [6, 6.07) is 9.77. The van der Waals surface area contributed by atoms with Crippen LogP contribution in [-0.4, -0.2) is 55.9 Å². The van der Waals surface area contributed by atoms with E-state index in [9.17, 15) is 5.11 Å². The molecule has 0 radical (unpaired) electrons. The Labute approximate surface area is 109 Å². The summed E-state index contributed by atoms with van der Waals surface area (Å²) in [5, 5.41) is 13.3. The lowest BCUT2D eigenvalue weighted by atomic mass is 10.1. The van der Waals surface area contributed by atoms with Crippen molar-refractivity contribution >= 4 is 0 Å². The maximum atomic E-state index is 9.96. The van der Waals surface area contributed by atoms with E-state index in [-0.39, 0.29) is 0 Å². The minimum atomic E-state index is -0.420. The van der Waals surface area contributed by atoms with Crippen molar-refractivity contribution < 1.29 is 9.84 Å². The Morgan fingerprint density at radius 2 is 1.94 bits per heavy atom. The lowest BCUT2D eigenvalue weighted by molar-refractivity contribution is 0.0380. The van der Waals surface area contributed by atoms with Crippen LogP contribution in [0.3, 0.4) is 0 Å². The maximum Gasteiger partial charge on any atom is 0.0914 e. The summed E-state index contributed by atoms with van der Waals surface area (Å²) in [5.41, 5.74) is 0.969. The molecule has 1 aromatic rings. The van der Waals surface area contributed by atoms with E-state index in [1.165, 1.54) is 0 Å². The molecule has 0 saturated carbocycles. The van der Waals surface area contributed by atoms with Crippen molar-refractivity contribution in [1.82, 2.24) is 10.2 Å². The fourth-order valence-corrected chi connectivity index (χ4v) is 2.09. The van der Waals surface area contributed by atoms with E-state index in [0.717, 1.165) is 45.0 Å². The van der Waals surface area contributed by atoms with Gasteiger partial charge < -0.3 is 15.2 Å². The lowest BCUT2D eigenvalue weighted by Gasteiger charge is -2.26. The number of rotatable bonds is 6. The van der Waals surface area contributed by atoms with Crippen LogP contribution in [0.5, 0.6) is 0 Å². The second kappa shape index (κ2) is 7.48. The predicted molar refractivity (Wildman–Crippen MR) is 71.5 cm³/mol. The van der Waals surface area contributed by atoms with Crippen LogP contribution in [-0.2, 0) is 4.74 Å². The number of aliphatic hydroxyl groups excluding tert-OH is 1. The van der Waals surface area contributed by atoms with Crippen molar-refractivity contribution in [3.8, 4) is 0 Å². The normalized spacial score (nSPS) is 18.7. The van der Waals surface area contributed by atoms with Crippen LogP contribution in [0.25, 0.3) is 0 Å². The van der Waals surface area contributed by atoms with Gasteiger partial charge in [-0.15, -0.1) is 0 Å². The summed E-state index contributed by atoms with van der Waals surface area (Å²) in [7, 11) is 0. The van der Waals surface area contributed by atoms with Gasteiger partial charge >= 0.3 is 0 Å². The Kier molecular flexibility index (Phi) is 5.61. The minimum absolute atomic E-state index is 0.420. The van der Waals surface area contributed by atoms with E-state index < -0.39 is 6.10 Å². The van der Waals surface area contributed by atoms with Crippen LogP contribution >= 0.6 is 0 Å². The number of hydrogen-bond acceptors (Lipinski definition) is 4. The van der Waals surface area contributed by atoms with Crippen molar-refractivity contribution in [1.29, 1.82) is 0 Å². The van der Waals surface area contributed by atoms with Crippen molar-refractivity contribution in [2.45, 2.75) is 6.10 Å². The van der Waals surface area contributed by atoms with Gasteiger partial charge in [-0.25, -0.2) is 0 Å². The number of morpholine rings is 1. The van der Waals surface area contributed by atoms with Gasteiger partial charge in [-0.2, -0.15) is 0 Å². The van der Waals surface area contributed by atoms with Gasteiger partial charge in [0.15, 0.2) is 0 Å². The Morgan fingerprint density at radius 3 is 2.67 bits per heavy atom. The Bertz CT molecular complexity index is 326. The molecule has 1 aliphatic heterocycles. The average molecular weight is 250 g/mol. The number of nitrogens with one attached hydrogen (secondary N) is 1. The van der Waals surface area contributed by atoms with E-state index >= 15 is 0 Å². The molecular formula is C14H22N2O2. The van der Waals surface area contributed by atoms with E-state index in [1.807, 2.05) is 30.3 Å². The van der Waals surface area contributed by atoms with Crippen LogP contribution in [0.1, 0.15) is 11.7 Å². The van der Waals surface area contributed by atoms with Gasteiger partial charge in [0.05, 0.1) is 19.3 Å². The van der Waals surface area contributed by atoms with Crippen molar-refractivity contribution in [2.75, 3.05) is 45.9 Å². The molecule has 4 heteroatoms. The third-order valence-corrected chi connectivity index (χ3v) is 3.23. The van der Waals surface area contributed by atoms with Crippen molar-refractivity contribution in [3.63, 3.8) is 0 Å². The van der Waals surface area contributed by atoms with E-state index in [4.69, 9.17) is 4.74 Å². The molecule has 1 heterocycles. The van der Waals surface area contributed by atoms with Gasteiger partial charge in [-0.3, -0.25) is 4.90 Å². The highest BCUT2D eigenvalue weighted by atomic mass is 16.5. The second-order valence-corrected chi connectivity index (χ2v) is 4.58. The molecule has 2 rings (SSSR count). The smallest absolute Gasteiger partial charge is 0.0914 e. The molecule has 0 unspecified atom stereocenters. The molecule has 100 valence electrons. The zero-order chi connectivity index (χ0) is 12.6. The van der Waals surface area contributed by atoms with E-state index in [1.54, 1.807) is 0 Å². The predicted octanol–water partition coefficient (Wildman–Crippen LogP) is 0.642. The zero-order valence-corrected chi connectivity index (χ0v) is 10.7. The topological polar surface area (TPSA) is 44.7 Å². The monoisotopic (exact) mass is 250 g/mol. The summed E-state index contributed by atoms with van der Waals surface area (Å²) in [6.45, 7) is 6.24. The molecule has 2 N–H and O–H groups in total.